The molecule has 0 saturated heterocycles. The van der Waals surface area contributed by atoms with Crippen LogP contribution in [0.15, 0.2) is 30.3 Å². The van der Waals surface area contributed by atoms with E-state index in [-0.39, 0.29) is 11.9 Å². The van der Waals surface area contributed by atoms with Crippen molar-refractivity contribution in [3.8, 4) is 5.75 Å². The summed E-state index contributed by atoms with van der Waals surface area (Å²) in [4.78, 5) is 26.2. The van der Waals surface area contributed by atoms with Gasteiger partial charge in [-0.25, -0.2) is 4.79 Å². The van der Waals surface area contributed by atoms with E-state index >= 15 is 0 Å². The minimum atomic E-state index is -0.674. The van der Waals surface area contributed by atoms with Gasteiger partial charge in [0, 0.05) is 4.88 Å². The molecule has 1 aliphatic rings. The molecule has 0 bridgehead atoms. The normalized spacial score (nSPS) is 14.2. The predicted molar refractivity (Wildman–Crippen MR) is 102 cm³/mol. The van der Waals surface area contributed by atoms with Crippen LogP contribution in [0.25, 0.3) is 0 Å². The Kier molecular flexibility index (Phi) is 5.93. The second kappa shape index (κ2) is 8.36. The minimum Gasteiger partial charge on any atom is -0.481 e. The lowest BCUT2D eigenvalue weighted by molar-refractivity contribution is -0.122. The summed E-state index contributed by atoms with van der Waals surface area (Å²) in [7, 11) is 0. The molecular weight excluding hydrogens is 350 g/mol. The number of amides is 1. The summed E-state index contributed by atoms with van der Waals surface area (Å²) in [6, 6.07) is 9.20. The smallest absolute Gasteiger partial charge is 0.341 e. The van der Waals surface area contributed by atoms with E-state index in [0.717, 1.165) is 31.2 Å². The lowest BCUT2D eigenvalue weighted by Gasteiger charge is -2.15. The number of anilines is 1. The second-order valence-corrected chi connectivity index (χ2v) is 7.30. The van der Waals surface area contributed by atoms with E-state index in [1.807, 2.05) is 18.2 Å². The molecule has 0 unspecified atom stereocenters. The zero-order valence-electron chi connectivity index (χ0n) is 15.0. The Morgan fingerprint density at radius 2 is 1.92 bits per heavy atom. The van der Waals surface area contributed by atoms with Crippen LogP contribution in [-0.2, 0) is 22.4 Å². The van der Waals surface area contributed by atoms with Crippen molar-refractivity contribution in [2.24, 2.45) is 0 Å². The average molecular weight is 373 g/mol. The number of benzene rings is 1. The van der Waals surface area contributed by atoms with Crippen molar-refractivity contribution in [1.82, 2.24) is 0 Å². The molecule has 138 valence electrons. The number of nitrogens with one attached hydrogen (secondary N) is 1. The summed E-state index contributed by atoms with van der Waals surface area (Å²) in [5.41, 5.74) is 1.55. The van der Waals surface area contributed by atoms with Crippen LogP contribution >= 0.6 is 11.3 Å². The van der Waals surface area contributed by atoms with Gasteiger partial charge in [-0.15, -0.1) is 11.3 Å². The molecule has 5 nitrogen and oxygen atoms in total. The summed E-state index contributed by atoms with van der Waals surface area (Å²) < 4.78 is 10.9. The predicted octanol–water partition coefficient (Wildman–Crippen LogP) is 4.21. The van der Waals surface area contributed by atoms with E-state index in [4.69, 9.17) is 9.47 Å². The number of thiophene rings is 1. The molecule has 0 spiro atoms. The molecule has 1 aliphatic carbocycles. The number of para-hydroxylation sites is 1. The lowest BCUT2D eigenvalue weighted by Crippen LogP contribution is -2.30. The molecule has 26 heavy (non-hydrogen) atoms. The van der Waals surface area contributed by atoms with Crippen LogP contribution in [0.1, 0.15) is 47.5 Å². The van der Waals surface area contributed by atoms with Crippen LogP contribution in [0.2, 0.25) is 0 Å². The molecule has 1 amide bonds. The summed E-state index contributed by atoms with van der Waals surface area (Å²) in [6.45, 7) is 3.79. The van der Waals surface area contributed by atoms with E-state index in [2.05, 4.69) is 5.32 Å². The first-order valence-electron chi connectivity index (χ1n) is 8.94. The molecule has 6 heteroatoms. The third-order valence-corrected chi connectivity index (χ3v) is 5.52. The van der Waals surface area contributed by atoms with Gasteiger partial charge in [0.25, 0.3) is 5.91 Å². The summed E-state index contributed by atoms with van der Waals surface area (Å²) >= 11 is 1.48. The third-order valence-electron chi connectivity index (χ3n) is 4.31. The third kappa shape index (κ3) is 4.07. The molecule has 1 aromatic heterocycles. The fraction of sp³-hybridized carbons (Fsp3) is 0.400. The first kappa shape index (κ1) is 18.5. The Balaban J connectivity index is 1.79. The Morgan fingerprint density at radius 3 is 2.65 bits per heavy atom. The van der Waals surface area contributed by atoms with Crippen molar-refractivity contribution in [1.29, 1.82) is 0 Å². The Bertz CT molecular complexity index is 785. The van der Waals surface area contributed by atoms with Crippen LogP contribution < -0.4 is 10.1 Å². The summed E-state index contributed by atoms with van der Waals surface area (Å²) in [6.07, 6.45) is 3.28. The van der Waals surface area contributed by atoms with Crippen molar-refractivity contribution in [2.75, 3.05) is 11.9 Å². The van der Waals surface area contributed by atoms with Crippen LogP contribution in [0.4, 0.5) is 5.00 Å². The van der Waals surface area contributed by atoms with Crippen LogP contribution in [-0.4, -0.2) is 24.6 Å². The van der Waals surface area contributed by atoms with E-state index in [1.165, 1.54) is 16.2 Å². The number of hydrogen-bond acceptors (Lipinski definition) is 5. The quantitative estimate of drug-likeness (QED) is 0.771. The fourth-order valence-corrected chi connectivity index (χ4v) is 4.32. The largest absolute Gasteiger partial charge is 0.481 e. The molecule has 0 radical (unpaired) electrons. The van der Waals surface area contributed by atoms with Crippen molar-refractivity contribution < 1.29 is 19.1 Å². The number of hydrogen-bond donors (Lipinski definition) is 1. The van der Waals surface area contributed by atoms with Gasteiger partial charge in [-0.05, 0) is 57.2 Å². The van der Waals surface area contributed by atoms with Crippen LogP contribution in [0, 0.1) is 0 Å². The maximum Gasteiger partial charge on any atom is 0.341 e. The number of esters is 1. The molecule has 2 aromatic rings. The number of ether oxygens (including phenoxy) is 2. The van der Waals surface area contributed by atoms with Gasteiger partial charge in [0.05, 0.1) is 12.2 Å². The molecule has 1 heterocycles. The monoisotopic (exact) mass is 373 g/mol. The van der Waals surface area contributed by atoms with Crippen LogP contribution in [0.3, 0.4) is 0 Å². The molecule has 1 aromatic carbocycles. The van der Waals surface area contributed by atoms with E-state index < -0.39 is 6.10 Å². The van der Waals surface area contributed by atoms with Gasteiger partial charge < -0.3 is 14.8 Å². The van der Waals surface area contributed by atoms with Crippen LogP contribution in [0.5, 0.6) is 5.75 Å². The van der Waals surface area contributed by atoms with Crippen molar-refractivity contribution in [3.05, 3.63) is 46.3 Å². The first-order chi connectivity index (χ1) is 12.6. The minimum absolute atomic E-state index is 0.280. The Hall–Kier alpha value is -2.34. The number of carbonyl (C=O) groups is 2. The Morgan fingerprint density at radius 1 is 1.19 bits per heavy atom. The summed E-state index contributed by atoms with van der Waals surface area (Å²) in [5.74, 6) is -0.0110. The zero-order chi connectivity index (χ0) is 18.5. The standard InChI is InChI=1S/C20H23NO4S/c1-3-24-20(23)17-15-11-7-8-12-16(15)26-19(17)21-18(22)13(2)25-14-9-5-4-6-10-14/h4-6,9-10,13H,3,7-8,11-12H2,1-2H3,(H,21,22)/t13-/m0/s1. The van der Waals surface area contributed by atoms with Crippen molar-refractivity contribution in [2.45, 2.75) is 45.6 Å². The first-order valence-corrected chi connectivity index (χ1v) is 9.76. The molecule has 0 fully saturated rings. The SMILES string of the molecule is CCOC(=O)c1c(NC(=O)[C@H](C)Oc2ccccc2)sc2c1CCCC2. The van der Waals surface area contributed by atoms with Gasteiger partial charge in [0.2, 0.25) is 0 Å². The van der Waals surface area contributed by atoms with E-state index in [9.17, 15) is 9.59 Å². The van der Waals surface area contributed by atoms with Gasteiger partial charge in [0.15, 0.2) is 6.10 Å². The highest BCUT2D eigenvalue weighted by Gasteiger charge is 2.28. The molecule has 0 saturated carbocycles. The second-order valence-electron chi connectivity index (χ2n) is 6.20. The van der Waals surface area contributed by atoms with Gasteiger partial charge in [-0.1, -0.05) is 18.2 Å². The highest BCUT2D eigenvalue weighted by Crippen LogP contribution is 2.38. The van der Waals surface area contributed by atoms with Gasteiger partial charge in [-0.3, -0.25) is 4.79 Å². The fourth-order valence-electron chi connectivity index (χ4n) is 3.04. The van der Waals surface area contributed by atoms with Gasteiger partial charge in [0.1, 0.15) is 10.8 Å². The number of fused-ring (bicyclic) bond motifs is 1. The topological polar surface area (TPSA) is 64.6 Å². The number of carbonyl (C=O) groups excluding carboxylic acids is 2. The molecule has 3 rings (SSSR count). The molecular formula is C20H23NO4S. The van der Waals surface area contributed by atoms with E-state index in [1.54, 1.807) is 26.0 Å². The molecule has 0 aliphatic heterocycles. The average Bonchev–Trinajstić information content (AvgIpc) is 3.00. The maximum absolute atomic E-state index is 12.6. The number of rotatable bonds is 6. The Labute approximate surface area is 157 Å². The summed E-state index contributed by atoms with van der Waals surface area (Å²) in [5, 5.41) is 3.45. The lowest BCUT2D eigenvalue weighted by atomic mass is 9.95. The van der Waals surface area contributed by atoms with E-state index in [0.29, 0.717) is 22.9 Å². The van der Waals surface area contributed by atoms with Crippen molar-refractivity contribution >= 4 is 28.2 Å². The van der Waals surface area contributed by atoms with Gasteiger partial charge in [-0.2, -0.15) is 0 Å². The highest BCUT2D eigenvalue weighted by molar-refractivity contribution is 7.17. The maximum atomic E-state index is 12.6. The number of aryl methyl sites for hydroxylation is 1. The van der Waals surface area contributed by atoms with Crippen molar-refractivity contribution in [3.63, 3.8) is 0 Å². The molecule has 1 N–H and O–H groups in total. The molecule has 1 atom stereocenters. The highest BCUT2D eigenvalue weighted by atomic mass is 32.1. The van der Waals surface area contributed by atoms with Gasteiger partial charge >= 0.3 is 5.97 Å². The zero-order valence-corrected chi connectivity index (χ0v) is 15.9.